The maximum atomic E-state index is 12.5. The Morgan fingerprint density at radius 1 is 0.784 bits per heavy atom. The molecule has 0 radical (unpaired) electrons. The Morgan fingerprint density at radius 2 is 1.35 bits per heavy atom. The van der Waals surface area contributed by atoms with Crippen molar-refractivity contribution in [2.45, 2.75) is 97.8 Å². The van der Waals surface area contributed by atoms with Crippen molar-refractivity contribution in [1.29, 1.82) is 0 Å². The molecule has 0 heterocycles. The Kier molecular flexibility index (Phi) is 14.8. The molecule has 0 saturated carbocycles. The van der Waals surface area contributed by atoms with Crippen LogP contribution in [0.2, 0.25) is 5.02 Å². The zero-order valence-corrected chi connectivity index (χ0v) is 23.5. The highest BCUT2D eigenvalue weighted by atomic mass is 35.5. The topological polar surface area (TPSA) is 61.8 Å². The number of ether oxygens (including phenoxy) is 3. The number of esters is 2. The monoisotopic (exact) mass is 530 g/mol. The third-order valence-corrected chi connectivity index (χ3v) is 6.70. The van der Waals surface area contributed by atoms with Crippen LogP contribution in [-0.4, -0.2) is 18.5 Å². The molecule has 2 rings (SSSR count). The highest BCUT2D eigenvalue weighted by molar-refractivity contribution is 6.32. The summed E-state index contributed by atoms with van der Waals surface area (Å²) in [6.45, 7) is 6.90. The fraction of sp³-hybridized carbons (Fsp3) is 0.548. The number of hydrogen-bond donors (Lipinski definition) is 0. The van der Waals surface area contributed by atoms with E-state index in [0.717, 1.165) is 19.3 Å². The van der Waals surface area contributed by atoms with Gasteiger partial charge in [-0.2, -0.15) is 0 Å². The normalized spacial score (nSPS) is 11.7. The predicted molar refractivity (Wildman–Crippen MR) is 150 cm³/mol. The molecule has 0 aromatic heterocycles. The predicted octanol–water partition coefficient (Wildman–Crippen LogP) is 9.20. The van der Waals surface area contributed by atoms with Gasteiger partial charge in [-0.15, -0.1) is 0 Å². The number of unbranched alkanes of at least 4 members (excludes halogenated alkanes) is 9. The Hall–Kier alpha value is -2.53. The molecule has 0 aliphatic rings. The molecule has 0 aliphatic heterocycles. The summed E-state index contributed by atoms with van der Waals surface area (Å²) in [4.78, 5) is 24.5. The van der Waals surface area contributed by atoms with Crippen molar-refractivity contribution in [3.05, 3.63) is 53.1 Å². The Balaban J connectivity index is 1.70. The maximum absolute atomic E-state index is 12.5. The van der Waals surface area contributed by atoms with Crippen molar-refractivity contribution in [3.63, 3.8) is 0 Å². The smallest absolute Gasteiger partial charge is 0.343 e. The molecule has 5 nitrogen and oxygen atoms in total. The van der Waals surface area contributed by atoms with E-state index in [2.05, 4.69) is 6.92 Å². The van der Waals surface area contributed by atoms with Crippen LogP contribution < -0.4 is 14.2 Å². The zero-order valence-electron chi connectivity index (χ0n) is 22.7. The minimum Gasteiger partial charge on any atom is -0.492 e. The van der Waals surface area contributed by atoms with Crippen LogP contribution in [-0.2, 0) is 4.79 Å². The molecule has 0 fully saturated rings. The van der Waals surface area contributed by atoms with E-state index in [1.54, 1.807) is 42.5 Å². The average Bonchev–Trinajstić information content (AvgIpc) is 2.89. The van der Waals surface area contributed by atoms with E-state index in [1.807, 2.05) is 13.8 Å². The van der Waals surface area contributed by atoms with E-state index in [9.17, 15) is 9.59 Å². The van der Waals surface area contributed by atoms with E-state index >= 15 is 0 Å². The van der Waals surface area contributed by atoms with Gasteiger partial charge in [-0.1, -0.05) is 96.6 Å². The van der Waals surface area contributed by atoms with Crippen molar-refractivity contribution < 1.29 is 23.8 Å². The third kappa shape index (κ3) is 12.5. The third-order valence-electron chi connectivity index (χ3n) is 6.40. The Labute approximate surface area is 227 Å². The van der Waals surface area contributed by atoms with Crippen molar-refractivity contribution >= 4 is 23.5 Å². The van der Waals surface area contributed by atoms with Gasteiger partial charge < -0.3 is 14.2 Å². The second-order valence-corrected chi connectivity index (χ2v) is 10.1. The Morgan fingerprint density at radius 3 is 1.92 bits per heavy atom. The van der Waals surface area contributed by atoms with Crippen molar-refractivity contribution in [3.8, 4) is 17.2 Å². The van der Waals surface area contributed by atoms with Crippen LogP contribution in [0.5, 0.6) is 17.2 Å². The number of benzene rings is 2. The first-order chi connectivity index (χ1) is 17.9. The molecule has 1 atom stereocenters. The lowest BCUT2D eigenvalue weighted by Crippen LogP contribution is -2.12. The summed E-state index contributed by atoms with van der Waals surface area (Å²) >= 11 is 6.34. The van der Waals surface area contributed by atoms with Crippen LogP contribution in [0.3, 0.4) is 0 Å². The lowest BCUT2D eigenvalue weighted by Gasteiger charge is -2.10. The van der Waals surface area contributed by atoms with Gasteiger partial charge in [0.05, 0.1) is 17.2 Å². The van der Waals surface area contributed by atoms with Gasteiger partial charge in [-0.25, -0.2) is 4.79 Å². The van der Waals surface area contributed by atoms with E-state index in [4.69, 9.17) is 25.8 Å². The molecule has 2 aromatic rings. The van der Waals surface area contributed by atoms with Crippen LogP contribution in [0.15, 0.2) is 42.5 Å². The van der Waals surface area contributed by atoms with Gasteiger partial charge in [0.25, 0.3) is 0 Å². The van der Waals surface area contributed by atoms with E-state index < -0.39 is 5.97 Å². The van der Waals surface area contributed by atoms with Crippen LogP contribution in [0.4, 0.5) is 0 Å². The molecule has 0 aliphatic carbocycles. The molecule has 2 aromatic carbocycles. The molecular weight excluding hydrogens is 488 g/mol. The quantitative estimate of drug-likeness (QED) is 0.109. The molecule has 0 N–H and O–H groups in total. The second kappa shape index (κ2) is 17.8. The van der Waals surface area contributed by atoms with Gasteiger partial charge in [0.2, 0.25) is 0 Å². The molecule has 6 heteroatoms. The van der Waals surface area contributed by atoms with Gasteiger partial charge in [0.1, 0.15) is 17.2 Å². The lowest BCUT2D eigenvalue weighted by atomic mass is 10.1. The zero-order chi connectivity index (χ0) is 26.9. The summed E-state index contributed by atoms with van der Waals surface area (Å²) in [5, 5.41) is 0.380. The van der Waals surface area contributed by atoms with Gasteiger partial charge in [0, 0.05) is 6.42 Å². The summed E-state index contributed by atoms with van der Waals surface area (Å²) in [5.41, 5.74) is 0.334. The van der Waals surface area contributed by atoms with Crippen LogP contribution in [0.25, 0.3) is 0 Å². The summed E-state index contributed by atoms with van der Waals surface area (Å²) in [7, 11) is 0. The second-order valence-electron chi connectivity index (χ2n) is 9.73. The summed E-state index contributed by atoms with van der Waals surface area (Å²) in [6.07, 6.45) is 14.0. The van der Waals surface area contributed by atoms with Gasteiger partial charge in [-0.3, -0.25) is 4.79 Å². The number of carbonyl (C=O) groups is 2. The number of carbonyl (C=O) groups excluding carboxylic acids is 2. The van der Waals surface area contributed by atoms with Crippen LogP contribution >= 0.6 is 11.6 Å². The van der Waals surface area contributed by atoms with E-state index in [-0.39, 0.29) is 11.9 Å². The molecular formula is C31H43ClO5. The number of halogens is 1. The van der Waals surface area contributed by atoms with Gasteiger partial charge in [-0.05, 0) is 54.8 Å². The van der Waals surface area contributed by atoms with Crippen molar-refractivity contribution in [2.24, 2.45) is 5.92 Å². The van der Waals surface area contributed by atoms with Gasteiger partial charge >= 0.3 is 11.9 Å². The minimum absolute atomic E-state index is 0.274. The van der Waals surface area contributed by atoms with Crippen molar-refractivity contribution in [1.82, 2.24) is 0 Å². The summed E-state index contributed by atoms with van der Waals surface area (Å²) in [6, 6.07) is 11.3. The summed E-state index contributed by atoms with van der Waals surface area (Å²) < 4.78 is 16.6. The summed E-state index contributed by atoms with van der Waals surface area (Å²) in [5.74, 6) is 0.812. The first-order valence-corrected chi connectivity index (χ1v) is 14.3. The van der Waals surface area contributed by atoms with Crippen molar-refractivity contribution in [2.75, 3.05) is 6.61 Å². The molecule has 0 saturated heterocycles. The lowest BCUT2D eigenvalue weighted by molar-refractivity contribution is -0.135. The fourth-order valence-electron chi connectivity index (χ4n) is 3.86. The van der Waals surface area contributed by atoms with Gasteiger partial charge in [0.15, 0.2) is 0 Å². The molecule has 37 heavy (non-hydrogen) atoms. The number of rotatable bonds is 18. The molecule has 0 bridgehead atoms. The number of hydrogen-bond acceptors (Lipinski definition) is 5. The largest absolute Gasteiger partial charge is 0.492 e. The standard InChI is InChI=1S/C31H43ClO5/c1-4-6-7-8-9-10-11-12-13-14-21-35-29-20-15-25(23-28(29)32)31(34)37-27-18-16-26(17-19-27)36-30(33)22-24(3)5-2/h15-20,23-24H,4-14,21-22H2,1-3H3. The fourth-order valence-corrected chi connectivity index (χ4v) is 4.10. The molecule has 0 spiro atoms. The first kappa shape index (κ1) is 30.7. The molecule has 0 amide bonds. The van der Waals surface area contributed by atoms with E-state index in [1.165, 1.54) is 51.4 Å². The SMILES string of the molecule is CCCCCCCCCCCCOc1ccc(C(=O)Oc2ccc(OC(=O)CC(C)CC)cc2)cc1Cl. The van der Waals surface area contributed by atoms with Crippen LogP contribution in [0, 0.1) is 5.92 Å². The minimum atomic E-state index is -0.523. The first-order valence-electron chi connectivity index (χ1n) is 13.9. The maximum Gasteiger partial charge on any atom is 0.343 e. The highest BCUT2D eigenvalue weighted by Crippen LogP contribution is 2.27. The molecule has 1 unspecified atom stereocenters. The Bertz CT molecular complexity index is 941. The molecule has 204 valence electrons. The van der Waals surface area contributed by atoms with E-state index in [0.29, 0.717) is 40.9 Å². The average molecular weight is 531 g/mol. The van der Waals surface area contributed by atoms with Crippen LogP contribution in [0.1, 0.15) is 108 Å². The highest BCUT2D eigenvalue weighted by Gasteiger charge is 2.13.